The van der Waals surface area contributed by atoms with Crippen LogP contribution in [0.2, 0.25) is 0 Å². The van der Waals surface area contributed by atoms with E-state index in [1.54, 1.807) is 0 Å². The highest BCUT2D eigenvalue weighted by Crippen LogP contribution is 2.19. The molecule has 2 rings (SSSR count). The van der Waals surface area contributed by atoms with E-state index in [0.29, 0.717) is 12.1 Å². The number of nitrogens with one attached hydrogen (secondary N) is 1. The summed E-state index contributed by atoms with van der Waals surface area (Å²) >= 11 is 0. The Morgan fingerprint density at radius 2 is 2.16 bits per heavy atom. The molecule has 0 saturated heterocycles. The molecule has 1 aliphatic heterocycles. The molecule has 0 fully saturated rings. The molecule has 1 aliphatic rings. The van der Waals surface area contributed by atoms with Crippen LogP contribution >= 0.6 is 0 Å². The Hall–Kier alpha value is -1.81. The van der Waals surface area contributed by atoms with E-state index >= 15 is 0 Å². The van der Waals surface area contributed by atoms with E-state index in [1.165, 1.54) is 0 Å². The third-order valence-corrected chi connectivity index (χ3v) is 2.92. The van der Waals surface area contributed by atoms with E-state index in [0.717, 1.165) is 18.7 Å². The fourth-order valence-electron chi connectivity index (χ4n) is 1.91. The molecule has 0 aromatic heterocycles. The van der Waals surface area contributed by atoms with Gasteiger partial charge in [-0.05, 0) is 37.6 Å². The molecule has 0 spiro atoms. The fourth-order valence-corrected chi connectivity index (χ4v) is 1.91. The van der Waals surface area contributed by atoms with Gasteiger partial charge in [-0.15, -0.1) is 0 Å². The monoisotopic (exact) mass is 260 g/mol. The van der Waals surface area contributed by atoms with Crippen LogP contribution in [0.1, 0.15) is 30.6 Å². The van der Waals surface area contributed by atoms with Crippen molar-refractivity contribution < 1.29 is 9.63 Å². The standard InChI is InChI=1S/C15H20N2O2/c1-3-10-16-15(18)13-6-8-14(9-7-13)17-11-4-5-12(2)19-17/h4-9,12H,3,10-11H2,1-2H3,(H,16,18). The highest BCUT2D eigenvalue weighted by molar-refractivity contribution is 5.94. The van der Waals surface area contributed by atoms with Gasteiger partial charge in [0.25, 0.3) is 5.91 Å². The summed E-state index contributed by atoms with van der Waals surface area (Å²) in [7, 11) is 0. The predicted molar refractivity (Wildman–Crippen MR) is 76.1 cm³/mol. The maximum atomic E-state index is 11.8. The van der Waals surface area contributed by atoms with Crippen molar-refractivity contribution in [3.63, 3.8) is 0 Å². The van der Waals surface area contributed by atoms with Crippen molar-refractivity contribution in [3.05, 3.63) is 42.0 Å². The molecule has 1 atom stereocenters. The van der Waals surface area contributed by atoms with Crippen LogP contribution in [0.5, 0.6) is 0 Å². The number of amides is 1. The van der Waals surface area contributed by atoms with E-state index < -0.39 is 0 Å². The molecule has 0 bridgehead atoms. The van der Waals surface area contributed by atoms with Crippen LogP contribution in [0, 0.1) is 0 Å². The van der Waals surface area contributed by atoms with E-state index in [1.807, 2.05) is 49.3 Å². The lowest BCUT2D eigenvalue weighted by molar-refractivity contribution is 0.0704. The molecule has 19 heavy (non-hydrogen) atoms. The Bertz CT molecular complexity index is 454. The van der Waals surface area contributed by atoms with Crippen LogP contribution in [0.25, 0.3) is 0 Å². The maximum Gasteiger partial charge on any atom is 0.251 e. The lowest BCUT2D eigenvalue weighted by atomic mass is 10.2. The van der Waals surface area contributed by atoms with Crippen LogP contribution in [0.15, 0.2) is 36.4 Å². The number of anilines is 1. The average molecular weight is 260 g/mol. The molecule has 1 aromatic rings. The van der Waals surface area contributed by atoms with Crippen LogP contribution in [0.4, 0.5) is 5.69 Å². The zero-order valence-electron chi connectivity index (χ0n) is 11.4. The Labute approximate surface area is 114 Å². The first kappa shape index (κ1) is 13.6. The van der Waals surface area contributed by atoms with E-state index in [9.17, 15) is 4.79 Å². The molecule has 1 unspecified atom stereocenters. The van der Waals surface area contributed by atoms with Crippen molar-refractivity contribution in [1.29, 1.82) is 0 Å². The van der Waals surface area contributed by atoms with Crippen LogP contribution in [0.3, 0.4) is 0 Å². The number of rotatable bonds is 4. The minimum Gasteiger partial charge on any atom is -0.352 e. The molecular weight excluding hydrogens is 240 g/mol. The SMILES string of the molecule is CCCNC(=O)c1ccc(N2CC=CC(C)O2)cc1. The molecular formula is C15H20N2O2. The van der Waals surface area contributed by atoms with Crippen LogP contribution in [-0.2, 0) is 4.84 Å². The van der Waals surface area contributed by atoms with Crippen LogP contribution in [-0.4, -0.2) is 25.1 Å². The van der Waals surface area contributed by atoms with Gasteiger partial charge >= 0.3 is 0 Å². The van der Waals surface area contributed by atoms with Crippen molar-refractivity contribution >= 4 is 11.6 Å². The third kappa shape index (κ3) is 3.58. The topological polar surface area (TPSA) is 41.6 Å². The second-order valence-corrected chi connectivity index (χ2v) is 4.60. The van der Waals surface area contributed by atoms with Gasteiger partial charge in [-0.3, -0.25) is 9.63 Å². The normalized spacial score (nSPS) is 18.4. The summed E-state index contributed by atoms with van der Waals surface area (Å²) in [6.07, 6.45) is 5.13. The second kappa shape index (κ2) is 6.38. The molecule has 0 radical (unpaired) electrons. The molecule has 4 heteroatoms. The third-order valence-electron chi connectivity index (χ3n) is 2.92. The number of hydrogen-bond donors (Lipinski definition) is 1. The Morgan fingerprint density at radius 3 is 2.79 bits per heavy atom. The smallest absolute Gasteiger partial charge is 0.251 e. The molecule has 0 saturated carbocycles. The number of carbonyl (C=O) groups is 1. The van der Waals surface area contributed by atoms with Gasteiger partial charge < -0.3 is 5.32 Å². The summed E-state index contributed by atoms with van der Waals surface area (Å²) in [5.41, 5.74) is 1.64. The van der Waals surface area contributed by atoms with Crippen molar-refractivity contribution in [2.45, 2.75) is 26.4 Å². The number of benzene rings is 1. The number of hydroxylamine groups is 1. The average Bonchev–Trinajstić information content (AvgIpc) is 2.45. The van der Waals surface area contributed by atoms with E-state index in [-0.39, 0.29) is 12.0 Å². The van der Waals surface area contributed by atoms with Crippen molar-refractivity contribution in [3.8, 4) is 0 Å². The maximum absolute atomic E-state index is 11.8. The summed E-state index contributed by atoms with van der Waals surface area (Å²) in [5, 5.41) is 4.69. The van der Waals surface area contributed by atoms with E-state index in [4.69, 9.17) is 4.84 Å². The fraction of sp³-hybridized carbons (Fsp3) is 0.400. The Morgan fingerprint density at radius 1 is 1.42 bits per heavy atom. The van der Waals surface area contributed by atoms with Gasteiger partial charge in [0.05, 0.1) is 12.2 Å². The van der Waals surface area contributed by atoms with Gasteiger partial charge in [0.15, 0.2) is 0 Å². The van der Waals surface area contributed by atoms with Gasteiger partial charge in [-0.1, -0.05) is 19.1 Å². The van der Waals surface area contributed by atoms with Gasteiger partial charge in [0.2, 0.25) is 0 Å². The lowest BCUT2D eigenvalue weighted by Gasteiger charge is -2.28. The first-order chi connectivity index (χ1) is 9.20. The molecule has 1 amide bonds. The van der Waals surface area contributed by atoms with Crippen molar-refractivity contribution in [2.24, 2.45) is 0 Å². The zero-order valence-corrected chi connectivity index (χ0v) is 11.4. The van der Waals surface area contributed by atoms with Gasteiger partial charge in [-0.2, -0.15) is 0 Å². The van der Waals surface area contributed by atoms with Crippen molar-refractivity contribution in [2.75, 3.05) is 18.2 Å². The van der Waals surface area contributed by atoms with Gasteiger partial charge in [0.1, 0.15) is 6.10 Å². The minimum atomic E-state index is -0.0266. The predicted octanol–water partition coefficient (Wildman–Crippen LogP) is 2.52. The van der Waals surface area contributed by atoms with Crippen LogP contribution < -0.4 is 10.4 Å². The molecule has 0 aliphatic carbocycles. The summed E-state index contributed by atoms with van der Waals surface area (Å²) in [5.74, 6) is -0.0266. The Kier molecular flexibility index (Phi) is 4.58. The van der Waals surface area contributed by atoms with Gasteiger partial charge in [0, 0.05) is 12.1 Å². The number of hydrogen-bond acceptors (Lipinski definition) is 3. The Balaban J connectivity index is 2.02. The second-order valence-electron chi connectivity index (χ2n) is 4.60. The summed E-state index contributed by atoms with van der Waals surface area (Å²) in [6.45, 7) is 5.46. The highest BCUT2D eigenvalue weighted by Gasteiger charge is 2.13. The van der Waals surface area contributed by atoms with E-state index in [2.05, 4.69) is 11.4 Å². The van der Waals surface area contributed by atoms with Crippen molar-refractivity contribution in [1.82, 2.24) is 5.32 Å². The largest absolute Gasteiger partial charge is 0.352 e. The first-order valence-corrected chi connectivity index (χ1v) is 6.70. The molecule has 1 aromatic carbocycles. The quantitative estimate of drug-likeness (QED) is 0.846. The minimum absolute atomic E-state index is 0.0266. The number of nitrogens with zero attached hydrogens (tertiary/aromatic N) is 1. The molecule has 1 N–H and O–H groups in total. The first-order valence-electron chi connectivity index (χ1n) is 6.70. The lowest BCUT2D eigenvalue weighted by Crippen LogP contribution is -2.31. The summed E-state index contributed by atoms with van der Waals surface area (Å²) in [6, 6.07) is 7.47. The molecule has 102 valence electrons. The summed E-state index contributed by atoms with van der Waals surface area (Å²) < 4.78 is 0. The summed E-state index contributed by atoms with van der Waals surface area (Å²) in [4.78, 5) is 17.5. The van der Waals surface area contributed by atoms with Gasteiger partial charge in [-0.25, -0.2) is 5.06 Å². The number of carbonyl (C=O) groups excluding carboxylic acids is 1. The molecule has 4 nitrogen and oxygen atoms in total. The zero-order chi connectivity index (χ0) is 13.7. The molecule has 1 heterocycles. The highest BCUT2D eigenvalue weighted by atomic mass is 16.7.